The first kappa shape index (κ1) is 24.1. The molecule has 0 aromatic heterocycles. The van der Waals surface area contributed by atoms with Gasteiger partial charge in [0, 0.05) is 5.92 Å². The van der Waals surface area contributed by atoms with Crippen LogP contribution in [0.4, 0.5) is 0 Å². The number of benzene rings is 1. The van der Waals surface area contributed by atoms with Crippen molar-refractivity contribution in [2.24, 2.45) is 11.5 Å². The Hall–Kier alpha value is -2.14. The molecule has 1 fully saturated rings. The van der Waals surface area contributed by atoms with E-state index in [9.17, 15) is 24.6 Å². The summed E-state index contributed by atoms with van der Waals surface area (Å²) in [5.41, 5.74) is 10.9. The molecule has 0 aliphatic heterocycles. The average Bonchev–Trinajstić information content (AvgIpc) is 3.41. The molecule has 2 rings (SSSR count). The van der Waals surface area contributed by atoms with Crippen molar-refractivity contribution in [1.82, 2.24) is 10.6 Å². The number of nitrogens with two attached hydrogens (primary N) is 2. The molecule has 8 N–H and O–H groups in total. The smallest absolute Gasteiger partial charge is 0.247 e. The number of aromatic hydroxyl groups is 1. The summed E-state index contributed by atoms with van der Waals surface area (Å²) in [6.07, 6.45) is 0.983. The van der Waals surface area contributed by atoms with Crippen molar-refractivity contribution in [3.05, 3.63) is 29.8 Å². The van der Waals surface area contributed by atoms with Gasteiger partial charge in [-0.1, -0.05) is 18.6 Å². The Labute approximate surface area is 181 Å². The van der Waals surface area contributed by atoms with Gasteiger partial charge in [0.05, 0.1) is 12.1 Å². The predicted octanol–water partition coefficient (Wildman–Crippen LogP) is -0.487. The maximum absolute atomic E-state index is 13.1. The molecule has 1 saturated carbocycles. The zero-order chi connectivity index (χ0) is 22.5. The topological polar surface area (TPSA) is 168 Å². The van der Waals surface area contributed by atoms with E-state index < -0.39 is 40.7 Å². The molecule has 10 heteroatoms. The van der Waals surface area contributed by atoms with Crippen molar-refractivity contribution < 1.29 is 24.6 Å². The molecule has 0 bridgehead atoms. The highest BCUT2D eigenvalue weighted by atomic mass is 32.1. The first-order chi connectivity index (χ1) is 14.1. The van der Waals surface area contributed by atoms with Crippen LogP contribution in [0.3, 0.4) is 0 Å². The molecule has 1 aromatic rings. The predicted molar refractivity (Wildman–Crippen MR) is 115 cm³/mol. The van der Waals surface area contributed by atoms with Gasteiger partial charge < -0.3 is 32.3 Å². The number of carbonyl (C=O) groups is 3. The standard InChI is InChI=1S/C20H30N4O5S/c1-11(25)16(18(28)30)23-19(29)20(24-17(27)15(22)4-2-3-9-21)10-14(20)12-5-7-13(26)8-6-12/h5-8,11,14-16,25-26H,2-4,9-10,21-22H2,1H3,(H,23,29)(H,24,27)(H,28,30)/t11-,14+,15+,16?,20?/m1/s1. The molecular weight excluding hydrogens is 408 g/mol. The third-order valence-electron chi connectivity index (χ3n) is 5.35. The number of hydrogen-bond acceptors (Lipinski definition) is 7. The van der Waals surface area contributed by atoms with E-state index in [-0.39, 0.29) is 18.1 Å². The second kappa shape index (κ2) is 10.3. The summed E-state index contributed by atoms with van der Waals surface area (Å²) >= 11 is 3.72. The van der Waals surface area contributed by atoms with E-state index in [0.717, 1.165) is 12.0 Å². The number of phenols is 1. The van der Waals surface area contributed by atoms with Crippen LogP contribution in [0.15, 0.2) is 24.3 Å². The van der Waals surface area contributed by atoms with Crippen molar-refractivity contribution in [3.63, 3.8) is 0 Å². The van der Waals surface area contributed by atoms with Gasteiger partial charge in [-0.05, 0) is 50.4 Å². The van der Waals surface area contributed by atoms with E-state index >= 15 is 0 Å². The molecule has 30 heavy (non-hydrogen) atoms. The molecule has 9 nitrogen and oxygen atoms in total. The van der Waals surface area contributed by atoms with Gasteiger partial charge in [-0.15, -0.1) is 12.6 Å². The summed E-state index contributed by atoms with van der Waals surface area (Å²) in [5.74, 6) is -1.37. The van der Waals surface area contributed by atoms with E-state index in [1.807, 2.05) is 0 Å². The Morgan fingerprint density at radius 3 is 2.43 bits per heavy atom. The highest BCUT2D eigenvalue weighted by Gasteiger charge is 2.62. The number of phenolic OH excluding ortho intramolecular Hbond substituents is 1. The summed E-state index contributed by atoms with van der Waals surface area (Å²) in [6.45, 7) is 1.87. The molecule has 2 unspecified atom stereocenters. The van der Waals surface area contributed by atoms with Crippen LogP contribution < -0.4 is 22.1 Å². The van der Waals surface area contributed by atoms with Gasteiger partial charge in [0.15, 0.2) is 0 Å². The van der Waals surface area contributed by atoms with Gasteiger partial charge in [0.2, 0.25) is 16.9 Å². The van der Waals surface area contributed by atoms with E-state index in [0.29, 0.717) is 19.4 Å². The van der Waals surface area contributed by atoms with Gasteiger partial charge in [0.25, 0.3) is 0 Å². The zero-order valence-electron chi connectivity index (χ0n) is 16.9. The van der Waals surface area contributed by atoms with Crippen molar-refractivity contribution in [3.8, 4) is 5.75 Å². The summed E-state index contributed by atoms with van der Waals surface area (Å²) in [6, 6.07) is 4.30. The molecule has 2 amide bonds. The number of aliphatic hydroxyl groups excluding tert-OH is 1. The number of hydrogen-bond donors (Lipinski definition) is 7. The SMILES string of the molecule is C[C@@H](O)C(NC(=O)C1(NC(=O)[C@@H](N)CCCCN)C[C@H]1c1ccc(O)cc1)C(=O)S. The van der Waals surface area contributed by atoms with Crippen molar-refractivity contribution in [1.29, 1.82) is 0 Å². The van der Waals surface area contributed by atoms with Crippen LogP contribution in [-0.4, -0.2) is 57.4 Å². The minimum Gasteiger partial charge on any atom is -0.508 e. The molecule has 0 heterocycles. The van der Waals surface area contributed by atoms with Crippen molar-refractivity contribution >= 4 is 29.6 Å². The van der Waals surface area contributed by atoms with Gasteiger partial charge in [-0.2, -0.15) is 0 Å². The minimum atomic E-state index is -1.31. The fourth-order valence-electron chi connectivity index (χ4n) is 3.43. The van der Waals surface area contributed by atoms with Crippen LogP contribution in [0.25, 0.3) is 0 Å². The van der Waals surface area contributed by atoms with E-state index in [2.05, 4.69) is 23.3 Å². The maximum Gasteiger partial charge on any atom is 0.247 e. The number of aliphatic hydroxyl groups is 1. The summed E-state index contributed by atoms with van der Waals surface area (Å²) in [7, 11) is 0. The summed E-state index contributed by atoms with van der Waals surface area (Å²) < 4.78 is 0. The van der Waals surface area contributed by atoms with Gasteiger partial charge >= 0.3 is 0 Å². The Morgan fingerprint density at radius 2 is 1.90 bits per heavy atom. The summed E-state index contributed by atoms with van der Waals surface area (Å²) in [4.78, 5) is 37.4. The van der Waals surface area contributed by atoms with Gasteiger partial charge in [-0.25, -0.2) is 0 Å². The first-order valence-corrected chi connectivity index (χ1v) is 10.4. The number of nitrogens with one attached hydrogen (secondary N) is 2. The normalized spacial score (nSPS) is 23.2. The molecule has 0 spiro atoms. The van der Waals surface area contributed by atoms with Crippen molar-refractivity contribution in [2.75, 3.05) is 6.54 Å². The number of thiol groups is 1. The largest absolute Gasteiger partial charge is 0.508 e. The van der Waals surface area contributed by atoms with E-state index in [1.165, 1.54) is 19.1 Å². The average molecular weight is 439 g/mol. The molecule has 1 aliphatic carbocycles. The molecule has 1 aliphatic rings. The Bertz CT molecular complexity index is 773. The van der Waals surface area contributed by atoms with Crippen LogP contribution in [0, 0.1) is 0 Å². The fraction of sp³-hybridized carbons (Fsp3) is 0.550. The molecule has 0 saturated heterocycles. The second-order valence-electron chi connectivity index (χ2n) is 7.73. The van der Waals surface area contributed by atoms with Crippen LogP contribution in [-0.2, 0) is 14.4 Å². The molecule has 5 atom stereocenters. The molecule has 166 valence electrons. The summed E-state index contributed by atoms with van der Waals surface area (Å²) in [5, 5.41) is 23.9. The first-order valence-electron chi connectivity index (χ1n) is 9.90. The lowest BCUT2D eigenvalue weighted by atomic mass is 10.0. The third-order valence-corrected chi connectivity index (χ3v) is 5.63. The number of carbonyl (C=O) groups excluding carboxylic acids is 3. The van der Waals surface area contributed by atoms with Crippen LogP contribution in [0.1, 0.15) is 44.1 Å². The molecule has 0 radical (unpaired) electrons. The van der Waals surface area contributed by atoms with Crippen LogP contribution >= 0.6 is 12.6 Å². The van der Waals surface area contributed by atoms with Crippen LogP contribution in [0.5, 0.6) is 5.75 Å². The number of amides is 2. The van der Waals surface area contributed by atoms with Gasteiger partial charge in [-0.3, -0.25) is 14.4 Å². The zero-order valence-corrected chi connectivity index (χ0v) is 17.8. The quantitative estimate of drug-likeness (QED) is 0.181. The van der Waals surface area contributed by atoms with Crippen LogP contribution in [0.2, 0.25) is 0 Å². The molecular formula is C20H30N4O5S. The van der Waals surface area contributed by atoms with Crippen molar-refractivity contribution in [2.45, 2.75) is 62.3 Å². The van der Waals surface area contributed by atoms with Gasteiger partial charge in [0.1, 0.15) is 17.3 Å². The Balaban J connectivity index is 2.21. The highest BCUT2D eigenvalue weighted by Crippen LogP contribution is 2.52. The third kappa shape index (κ3) is 5.72. The van der Waals surface area contributed by atoms with E-state index in [1.54, 1.807) is 12.1 Å². The fourth-order valence-corrected chi connectivity index (χ4v) is 3.71. The monoisotopic (exact) mass is 438 g/mol. The highest BCUT2D eigenvalue weighted by molar-refractivity contribution is 7.96. The lowest BCUT2D eigenvalue weighted by Gasteiger charge is -2.25. The lowest BCUT2D eigenvalue weighted by Crippen LogP contribution is -2.58. The lowest BCUT2D eigenvalue weighted by molar-refractivity contribution is -0.133. The number of unbranched alkanes of at least 4 members (excludes halogenated alkanes) is 1. The van der Waals surface area contributed by atoms with E-state index in [4.69, 9.17) is 11.5 Å². The Morgan fingerprint density at radius 1 is 1.27 bits per heavy atom. The Kier molecular flexibility index (Phi) is 8.25. The molecule has 1 aromatic carbocycles. The number of rotatable bonds is 11. The second-order valence-corrected chi connectivity index (χ2v) is 8.17. The maximum atomic E-state index is 13.1. The minimum absolute atomic E-state index is 0.0789.